The first-order valence-corrected chi connectivity index (χ1v) is 7.99. The van der Waals surface area contributed by atoms with Crippen LogP contribution in [0.5, 0.6) is 0 Å². The van der Waals surface area contributed by atoms with Crippen molar-refractivity contribution >= 4 is 5.91 Å². The molecule has 2 aromatic heterocycles. The van der Waals surface area contributed by atoms with E-state index in [-0.39, 0.29) is 11.3 Å². The van der Waals surface area contributed by atoms with Crippen LogP contribution in [0.3, 0.4) is 0 Å². The Hall–Kier alpha value is -2.53. The summed E-state index contributed by atoms with van der Waals surface area (Å²) in [4.78, 5) is 13.2. The molecule has 0 atom stereocenters. The third-order valence-electron chi connectivity index (χ3n) is 4.76. The molecule has 0 bridgehead atoms. The van der Waals surface area contributed by atoms with Crippen LogP contribution in [0.4, 0.5) is 26.3 Å². The topological polar surface area (TPSA) is 66.8 Å². The van der Waals surface area contributed by atoms with Crippen LogP contribution < -0.4 is 0 Å². The van der Waals surface area contributed by atoms with E-state index in [0.29, 0.717) is 17.0 Å². The Bertz CT molecular complexity index is 822. The number of carbonyl (C=O) groups is 1. The van der Waals surface area contributed by atoms with Crippen LogP contribution >= 0.6 is 0 Å². The van der Waals surface area contributed by atoms with E-state index in [4.69, 9.17) is 0 Å². The average molecular weight is 395 g/mol. The number of alkyl halides is 6. The van der Waals surface area contributed by atoms with Gasteiger partial charge in [0.05, 0.1) is 23.7 Å². The smallest absolute Gasteiger partial charge is 0.337 e. The van der Waals surface area contributed by atoms with Crippen LogP contribution in [-0.4, -0.2) is 56.2 Å². The molecule has 2 aromatic rings. The second kappa shape index (κ2) is 6.27. The SMILES string of the molecule is CCn1cc(-c2[nH]ncc2C(=O)N2CCC(C(F)(F)F)(C(F)(F)F)C2)cn1. The lowest BCUT2D eigenvalue weighted by Gasteiger charge is -2.33. The fourth-order valence-corrected chi connectivity index (χ4v) is 3.11. The highest BCUT2D eigenvalue weighted by molar-refractivity contribution is 5.99. The number of aromatic nitrogens is 4. The number of nitrogens with one attached hydrogen (secondary N) is 1. The Kier molecular flexibility index (Phi) is 4.47. The van der Waals surface area contributed by atoms with Crippen molar-refractivity contribution in [3.05, 3.63) is 24.2 Å². The minimum absolute atomic E-state index is 0.106. The molecule has 6 nitrogen and oxygen atoms in total. The van der Waals surface area contributed by atoms with Crippen molar-refractivity contribution in [3.8, 4) is 11.3 Å². The number of hydrogen-bond acceptors (Lipinski definition) is 3. The highest BCUT2D eigenvalue weighted by atomic mass is 19.4. The fourth-order valence-electron chi connectivity index (χ4n) is 3.11. The molecule has 0 aliphatic carbocycles. The molecule has 0 saturated carbocycles. The van der Waals surface area contributed by atoms with Crippen molar-refractivity contribution < 1.29 is 31.1 Å². The van der Waals surface area contributed by atoms with Crippen LogP contribution in [0.15, 0.2) is 18.6 Å². The van der Waals surface area contributed by atoms with Crippen LogP contribution in [0.25, 0.3) is 11.3 Å². The maximum atomic E-state index is 13.2. The van der Waals surface area contributed by atoms with E-state index in [0.717, 1.165) is 6.20 Å². The summed E-state index contributed by atoms with van der Waals surface area (Å²) >= 11 is 0. The van der Waals surface area contributed by atoms with Gasteiger partial charge in [0, 0.05) is 31.4 Å². The van der Waals surface area contributed by atoms with Crippen molar-refractivity contribution in [1.29, 1.82) is 0 Å². The molecule has 1 aliphatic rings. The van der Waals surface area contributed by atoms with Gasteiger partial charge in [-0.05, 0) is 13.3 Å². The number of aryl methyl sites for hydroxylation is 1. The first-order chi connectivity index (χ1) is 12.5. The van der Waals surface area contributed by atoms with E-state index < -0.39 is 43.2 Å². The molecule has 1 N–H and O–H groups in total. The number of H-pyrrole nitrogens is 1. The third kappa shape index (κ3) is 3.06. The van der Waals surface area contributed by atoms with Crippen molar-refractivity contribution in [2.45, 2.75) is 32.2 Å². The number of hydrogen-bond donors (Lipinski definition) is 1. The van der Waals surface area contributed by atoms with Gasteiger partial charge in [-0.2, -0.15) is 36.5 Å². The van der Waals surface area contributed by atoms with Gasteiger partial charge in [0.15, 0.2) is 5.41 Å². The second-order valence-corrected chi connectivity index (χ2v) is 6.30. The molecule has 148 valence electrons. The zero-order chi connectivity index (χ0) is 20.0. The predicted octanol–water partition coefficient (Wildman–Crippen LogP) is 3.25. The van der Waals surface area contributed by atoms with Crippen LogP contribution in [0.2, 0.25) is 0 Å². The number of amides is 1. The van der Waals surface area contributed by atoms with E-state index >= 15 is 0 Å². The van der Waals surface area contributed by atoms with E-state index in [2.05, 4.69) is 15.3 Å². The van der Waals surface area contributed by atoms with E-state index in [1.807, 2.05) is 6.92 Å². The van der Waals surface area contributed by atoms with Crippen LogP contribution in [0.1, 0.15) is 23.7 Å². The maximum absolute atomic E-state index is 13.2. The number of nitrogens with zero attached hydrogens (tertiary/aromatic N) is 4. The second-order valence-electron chi connectivity index (χ2n) is 6.30. The van der Waals surface area contributed by atoms with Gasteiger partial charge in [-0.3, -0.25) is 14.6 Å². The van der Waals surface area contributed by atoms with Gasteiger partial charge in [-0.15, -0.1) is 0 Å². The normalized spacial score (nSPS) is 17.5. The molecule has 12 heteroatoms. The van der Waals surface area contributed by atoms with Crippen molar-refractivity contribution in [1.82, 2.24) is 24.9 Å². The summed E-state index contributed by atoms with van der Waals surface area (Å²) in [5.41, 5.74) is -3.39. The maximum Gasteiger partial charge on any atom is 0.404 e. The molecule has 0 unspecified atom stereocenters. The zero-order valence-electron chi connectivity index (χ0n) is 14.0. The van der Waals surface area contributed by atoms with Gasteiger partial charge < -0.3 is 4.90 Å². The minimum Gasteiger partial charge on any atom is -0.337 e. The molecule has 0 spiro atoms. The van der Waals surface area contributed by atoms with E-state index in [9.17, 15) is 31.1 Å². The lowest BCUT2D eigenvalue weighted by Crippen LogP contribution is -2.52. The summed E-state index contributed by atoms with van der Waals surface area (Å²) in [6, 6.07) is 0. The van der Waals surface area contributed by atoms with Crippen molar-refractivity contribution in [3.63, 3.8) is 0 Å². The Morgan fingerprint density at radius 1 is 1.22 bits per heavy atom. The molecule has 1 amide bonds. The Morgan fingerprint density at radius 3 is 2.41 bits per heavy atom. The quantitative estimate of drug-likeness (QED) is 0.812. The van der Waals surface area contributed by atoms with E-state index in [1.165, 1.54) is 6.20 Å². The highest BCUT2D eigenvalue weighted by Crippen LogP contribution is 2.55. The lowest BCUT2D eigenvalue weighted by atomic mass is 9.85. The third-order valence-corrected chi connectivity index (χ3v) is 4.76. The van der Waals surface area contributed by atoms with Crippen molar-refractivity contribution in [2.24, 2.45) is 5.41 Å². The summed E-state index contributed by atoms with van der Waals surface area (Å²) in [5.74, 6) is -0.946. The summed E-state index contributed by atoms with van der Waals surface area (Å²) in [6.07, 6.45) is -8.16. The summed E-state index contributed by atoms with van der Waals surface area (Å²) in [5, 5.41) is 10.3. The molecule has 1 aliphatic heterocycles. The average Bonchev–Trinajstić information content (AvgIpc) is 3.29. The minimum atomic E-state index is -5.51. The number of carbonyl (C=O) groups excluding carboxylic acids is 1. The monoisotopic (exact) mass is 395 g/mol. The van der Waals surface area contributed by atoms with Gasteiger partial charge in [0.2, 0.25) is 0 Å². The number of rotatable bonds is 3. The predicted molar refractivity (Wildman–Crippen MR) is 80.5 cm³/mol. The number of halogens is 6. The van der Waals surface area contributed by atoms with Gasteiger partial charge in [0.25, 0.3) is 5.91 Å². The largest absolute Gasteiger partial charge is 0.404 e. The molecule has 1 saturated heterocycles. The first kappa shape index (κ1) is 19.2. The van der Waals surface area contributed by atoms with Gasteiger partial charge >= 0.3 is 12.4 Å². The van der Waals surface area contributed by atoms with Gasteiger partial charge in [-0.25, -0.2) is 0 Å². The fraction of sp³-hybridized carbons (Fsp3) is 0.533. The summed E-state index contributed by atoms with van der Waals surface area (Å²) in [7, 11) is 0. The van der Waals surface area contributed by atoms with Crippen molar-refractivity contribution in [2.75, 3.05) is 13.1 Å². The first-order valence-electron chi connectivity index (χ1n) is 7.99. The van der Waals surface area contributed by atoms with Crippen LogP contribution in [0, 0.1) is 5.41 Å². The molecule has 27 heavy (non-hydrogen) atoms. The number of likely N-dealkylation sites (tertiary alicyclic amines) is 1. The highest BCUT2D eigenvalue weighted by Gasteiger charge is 2.72. The van der Waals surface area contributed by atoms with E-state index in [1.54, 1.807) is 10.9 Å². The van der Waals surface area contributed by atoms with Gasteiger partial charge in [-0.1, -0.05) is 0 Å². The molecule has 1 fully saturated rings. The molecular formula is C15H15F6N5O. The summed E-state index contributed by atoms with van der Waals surface area (Å²) < 4.78 is 80.7. The Balaban J connectivity index is 1.90. The lowest BCUT2D eigenvalue weighted by molar-refractivity contribution is -0.334. The molecule has 3 heterocycles. The Labute approximate surface area is 149 Å². The molecular weight excluding hydrogens is 380 g/mol. The molecule has 3 rings (SSSR count). The Morgan fingerprint density at radius 2 is 1.89 bits per heavy atom. The molecule has 0 aromatic carbocycles. The standard InChI is InChI=1S/C15H15F6N5O/c1-2-26-7-9(5-23-26)11-10(6-22-24-11)12(27)25-4-3-13(8-25,14(16,17)18)15(19,20)21/h5-7H,2-4,8H2,1H3,(H,22,24). The van der Waals surface area contributed by atoms with Crippen LogP contribution in [-0.2, 0) is 6.54 Å². The molecule has 0 radical (unpaired) electrons. The number of aromatic amines is 1. The summed E-state index contributed by atoms with van der Waals surface area (Å²) in [6.45, 7) is 0.242. The zero-order valence-corrected chi connectivity index (χ0v) is 14.0. The van der Waals surface area contributed by atoms with Gasteiger partial charge in [0.1, 0.15) is 0 Å².